The van der Waals surface area contributed by atoms with Crippen molar-refractivity contribution in [2.45, 2.75) is 354 Å². The van der Waals surface area contributed by atoms with Crippen LogP contribution in [0.25, 0.3) is 0 Å². The van der Waals surface area contributed by atoms with E-state index >= 15 is 0 Å². The predicted molar refractivity (Wildman–Crippen MR) is 436 cm³/mol. The molecule has 608 valence electrons. The minimum atomic E-state index is -4.99. The molecule has 3 N–H and O–H groups in total. The summed E-state index contributed by atoms with van der Waals surface area (Å²) >= 11 is 0. The van der Waals surface area contributed by atoms with E-state index in [-0.39, 0.29) is 25.7 Å². The van der Waals surface area contributed by atoms with E-state index in [1.165, 1.54) is 57.8 Å². The molecule has 0 rings (SSSR count). The van der Waals surface area contributed by atoms with Crippen molar-refractivity contribution in [2.75, 3.05) is 39.6 Å². The molecule has 0 radical (unpaired) electrons. The number of aliphatic hydroxyl groups excluding tert-OH is 1. The maximum Gasteiger partial charge on any atom is 0.472 e. The molecule has 0 amide bonds. The van der Waals surface area contributed by atoms with Crippen LogP contribution in [0.3, 0.4) is 0 Å². The average molecular weight is 1530 g/mol. The van der Waals surface area contributed by atoms with Crippen LogP contribution in [0.4, 0.5) is 0 Å². The van der Waals surface area contributed by atoms with Gasteiger partial charge < -0.3 is 33.8 Å². The molecule has 0 saturated carbocycles. The number of hydrogen-bond donors (Lipinski definition) is 3. The van der Waals surface area contributed by atoms with Gasteiger partial charge in [-0.05, 0) is 161 Å². The first kappa shape index (κ1) is 101. The van der Waals surface area contributed by atoms with Crippen LogP contribution in [0.2, 0.25) is 0 Å². The van der Waals surface area contributed by atoms with Gasteiger partial charge in [0.1, 0.15) is 19.3 Å². The van der Waals surface area contributed by atoms with Gasteiger partial charge >= 0.3 is 39.5 Å². The summed E-state index contributed by atoms with van der Waals surface area (Å²) in [5, 5.41) is 10.7. The highest BCUT2D eigenvalue weighted by Crippen LogP contribution is 2.45. The van der Waals surface area contributed by atoms with E-state index in [4.69, 9.17) is 37.0 Å². The molecule has 0 saturated heterocycles. The Labute approximate surface area is 644 Å². The highest BCUT2D eigenvalue weighted by molar-refractivity contribution is 7.47. The Bertz CT molecular complexity index is 2530. The molecule has 0 spiro atoms. The Balaban J connectivity index is 5.41. The zero-order chi connectivity index (χ0) is 77.4. The van der Waals surface area contributed by atoms with Crippen molar-refractivity contribution < 1.29 is 80.2 Å². The molecule has 0 fully saturated rings. The van der Waals surface area contributed by atoms with Gasteiger partial charge in [0.05, 0.1) is 26.4 Å². The van der Waals surface area contributed by atoms with Gasteiger partial charge in [-0.15, -0.1) is 0 Å². The second-order valence-electron chi connectivity index (χ2n) is 27.3. The lowest BCUT2D eigenvalue weighted by Gasteiger charge is -2.21. The fraction of sp³-hybridized carbons (Fsp3) is 0.701. The minimum absolute atomic E-state index is 0.0705. The Morgan fingerprint density at radius 3 is 0.783 bits per heavy atom. The van der Waals surface area contributed by atoms with Gasteiger partial charge in [0, 0.05) is 25.7 Å². The number of unbranched alkanes of at least 4 members (excludes halogenated alkanes) is 29. The Morgan fingerprint density at radius 2 is 0.491 bits per heavy atom. The summed E-state index contributed by atoms with van der Waals surface area (Å²) in [6.07, 6.45) is 88.4. The summed E-state index contributed by atoms with van der Waals surface area (Å²) in [5.41, 5.74) is 0. The third-order valence-corrected chi connectivity index (χ3v) is 19.0. The van der Waals surface area contributed by atoms with Crippen LogP contribution < -0.4 is 0 Å². The number of rotatable bonds is 77. The van der Waals surface area contributed by atoms with Crippen molar-refractivity contribution in [2.24, 2.45) is 0 Å². The van der Waals surface area contributed by atoms with Crippen molar-refractivity contribution in [1.82, 2.24) is 0 Å². The lowest BCUT2D eigenvalue weighted by Crippen LogP contribution is -2.30. The Hall–Kier alpha value is -4.80. The van der Waals surface area contributed by atoms with E-state index in [2.05, 4.69) is 161 Å². The van der Waals surface area contributed by atoms with Crippen molar-refractivity contribution in [1.29, 1.82) is 0 Å². The molecule has 17 nitrogen and oxygen atoms in total. The largest absolute Gasteiger partial charge is 0.472 e. The smallest absolute Gasteiger partial charge is 0.462 e. The third-order valence-electron chi connectivity index (χ3n) is 17.1. The number of phosphoric acid groups is 2. The number of carbonyl (C=O) groups is 4. The van der Waals surface area contributed by atoms with Gasteiger partial charge in [0.2, 0.25) is 0 Å². The third kappa shape index (κ3) is 77.4. The zero-order valence-corrected chi connectivity index (χ0v) is 68.4. The van der Waals surface area contributed by atoms with Crippen LogP contribution in [0.1, 0.15) is 336 Å². The normalized spacial score (nSPS) is 14.5. The van der Waals surface area contributed by atoms with Crippen molar-refractivity contribution >= 4 is 39.5 Å². The lowest BCUT2D eigenvalue weighted by atomic mass is 10.1. The van der Waals surface area contributed by atoms with Crippen molar-refractivity contribution in [3.05, 3.63) is 134 Å². The number of ether oxygens (including phenoxy) is 4. The summed E-state index contributed by atoms with van der Waals surface area (Å²) in [6, 6.07) is 0. The SMILES string of the molecule is CC/C=C\C/C=C\C/C=C\C/C=C\CCCCCCCCC(=O)OCC(COP(=O)(O)OCC(O)COP(=O)(O)OCC(COC(=O)CCCCCC/C=C\C/C=C\C/C=C\C/C=C\CC)OC(=O)CCCCCCC/C=C\C/C=C\CCCCC)OC(=O)CCCCCCC/C=C\CCCCCCCC. The second kappa shape index (κ2) is 78.3. The van der Waals surface area contributed by atoms with Crippen molar-refractivity contribution in [3.8, 4) is 0 Å². The first-order valence-corrected chi connectivity index (χ1v) is 44.4. The summed E-state index contributed by atoms with van der Waals surface area (Å²) < 4.78 is 68.7. The maximum atomic E-state index is 13.1. The van der Waals surface area contributed by atoms with Crippen molar-refractivity contribution in [3.63, 3.8) is 0 Å². The summed E-state index contributed by atoms with van der Waals surface area (Å²) in [4.78, 5) is 73.2. The standard InChI is InChI=1S/C87H148O17P2/c1-5-9-13-17-21-25-29-33-37-39-40-42-46-48-52-56-60-64-68-72-85(90)98-78-83(104-87(92)74-70-66-62-58-54-50-44-36-32-28-24-20-16-12-8-4)80-102-106(95,96)100-76-81(88)75-99-105(93,94)101-79-82(103-86(91)73-69-65-61-57-53-49-43-35-31-27-23-19-15-11-7-3)77-97-84(89)71-67-63-59-55-51-47-45-41-38-34-30-26-22-18-14-10-6-2/h9-10,13-14,21-23,25-27,33-38,40,42-45,47,81-83,88H,5-8,11-12,15-20,24,28-32,39,41,46,48-80H2,1-4H3,(H,93,94)(H,95,96)/b13-9-,14-10-,25-21-,26-22-,27-23-,37-33-,38-34-,42-40-,43-35-,44-36-,47-45-. The van der Waals surface area contributed by atoms with E-state index in [1.54, 1.807) is 0 Å². The van der Waals surface area contributed by atoms with Gasteiger partial charge in [-0.25, -0.2) is 9.13 Å². The first-order chi connectivity index (χ1) is 51.7. The average Bonchev–Trinajstić information content (AvgIpc) is 0.909. The molecular weight excluding hydrogens is 1380 g/mol. The van der Waals surface area contributed by atoms with Gasteiger partial charge in [0.15, 0.2) is 12.2 Å². The van der Waals surface area contributed by atoms with Gasteiger partial charge in [0.25, 0.3) is 0 Å². The monoisotopic (exact) mass is 1530 g/mol. The van der Waals surface area contributed by atoms with E-state index in [0.29, 0.717) is 25.7 Å². The molecule has 0 heterocycles. The molecule has 106 heavy (non-hydrogen) atoms. The molecule has 5 atom stereocenters. The van der Waals surface area contributed by atoms with Gasteiger partial charge in [-0.1, -0.05) is 283 Å². The van der Waals surface area contributed by atoms with Crippen LogP contribution in [0.15, 0.2) is 134 Å². The molecular formula is C87H148O17P2. The Morgan fingerprint density at radius 1 is 0.274 bits per heavy atom. The topological polar surface area (TPSA) is 237 Å². The zero-order valence-electron chi connectivity index (χ0n) is 66.6. The van der Waals surface area contributed by atoms with E-state index < -0.39 is 97.5 Å². The number of hydrogen-bond acceptors (Lipinski definition) is 15. The second-order valence-corrected chi connectivity index (χ2v) is 30.2. The van der Waals surface area contributed by atoms with Crippen LogP contribution in [0, 0.1) is 0 Å². The predicted octanol–water partition coefficient (Wildman–Crippen LogP) is 24.4. The minimum Gasteiger partial charge on any atom is -0.462 e. The molecule has 19 heteroatoms. The number of carbonyl (C=O) groups excluding carboxylic acids is 4. The molecule has 0 aliphatic heterocycles. The van der Waals surface area contributed by atoms with E-state index in [0.717, 1.165) is 199 Å². The highest BCUT2D eigenvalue weighted by atomic mass is 31.2. The van der Waals surface area contributed by atoms with Gasteiger partial charge in [-0.2, -0.15) is 0 Å². The first-order valence-electron chi connectivity index (χ1n) is 41.4. The van der Waals surface area contributed by atoms with Crippen LogP contribution >= 0.6 is 15.6 Å². The molecule has 0 aromatic heterocycles. The van der Waals surface area contributed by atoms with Crippen LogP contribution in [-0.4, -0.2) is 96.7 Å². The molecule has 0 aliphatic carbocycles. The number of phosphoric ester groups is 2. The highest BCUT2D eigenvalue weighted by Gasteiger charge is 2.30. The van der Waals surface area contributed by atoms with E-state index in [9.17, 15) is 43.2 Å². The van der Waals surface area contributed by atoms with Gasteiger partial charge in [-0.3, -0.25) is 37.3 Å². The van der Waals surface area contributed by atoms with Crippen LogP contribution in [-0.2, 0) is 65.4 Å². The number of allylic oxidation sites excluding steroid dienone is 22. The quantitative estimate of drug-likeness (QED) is 0.0169. The number of aliphatic hydroxyl groups is 1. The van der Waals surface area contributed by atoms with E-state index in [1.807, 2.05) is 0 Å². The maximum absolute atomic E-state index is 13.1. The fourth-order valence-corrected chi connectivity index (χ4v) is 12.4. The molecule has 0 bridgehead atoms. The fourth-order valence-electron chi connectivity index (χ4n) is 10.8. The lowest BCUT2D eigenvalue weighted by molar-refractivity contribution is -0.161. The summed E-state index contributed by atoms with van der Waals surface area (Å²) in [5.74, 6) is -2.23. The molecule has 0 aliphatic rings. The summed E-state index contributed by atoms with van der Waals surface area (Å²) in [6.45, 7) is 4.58. The molecule has 0 aromatic carbocycles. The Kier molecular flexibility index (Phi) is 74.8. The van der Waals surface area contributed by atoms with Crippen LogP contribution in [0.5, 0.6) is 0 Å². The number of esters is 4. The summed E-state index contributed by atoms with van der Waals surface area (Å²) in [7, 11) is -9.98. The molecule has 5 unspecified atom stereocenters. The molecule has 0 aromatic rings.